The molecule has 0 fully saturated rings. The van der Waals surface area contributed by atoms with Crippen LogP contribution in [0, 0.1) is 11.3 Å². The van der Waals surface area contributed by atoms with E-state index in [0.717, 1.165) is 0 Å². The summed E-state index contributed by atoms with van der Waals surface area (Å²) in [7, 11) is -3.77. The van der Waals surface area contributed by atoms with E-state index in [1.54, 1.807) is 24.3 Å². The number of nitrogens with one attached hydrogen (secondary N) is 2. The van der Waals surface area contributed by atoms with Gasteiger partial charge in [-0.2, -0.15) is 5.26 Å². The number of carbonyl (C=O) groups excluding carboxylic acids is 1. The van der Waals surface area contributed by atoms with Crippen LogP contribution in [0.5, 0.6) is 0 Å². The maximum absolute atomic E-state index is 11.9. The summed E-state index contributed by atoms with van der Waals surface area (Å²) >= 11 is 0. The topological polar surface area (TPSA) is 125 Å². The van der Waals surface area contributed by atoms with Crippen molar-refractivity contribution in [1.82, 2.24) is 0 Å². The zero-order valence-corrected chi connectivity index (χ0v) is 12.1. The fourth-order valence-corrected chi connectivity index (χ4v) is 2.22. The van der Waals surface area contributed by atoms with Gasteiger partial charge >= 0.3 is 6.03 Å². The van der Waals surface area contributed by atoms with E-state index >= 15 is 0 Å². The maximum Gasteiger partial charge on any atom is 0.323 e. The van der Waals surface area contributed by atoms with Gasteiger partial charge in [0, 0.05) is 5.69 Å². The second-order valence-electron chi connectivity index (χ2n) is 4.31. The number of amides is 2. The molecular formula is C14H12N4O3S. The molecule has 2 aromatic rings. The number of carbonyl (C=O) groups is 1. The Hall–Kier alpha value is -2.89. The summed E-state index contributed by atoms with van der Waals surface area (Å²) in [6.45, 7) is 0. The summed E-state index contributed by atoms with van der Waals surface area (Å²) in [5.74, 6) is 0. The lowest BCUT2D eigenvalue weighted by Gasteiger charge is -2.09. The summed E-state index contributed by atoms with van der Waals surface area (Å²) in [4.78, 5) is 11.8. The van der Waals surface area contributed by atoms with Crippen LogP contribution in [0.4, 0.5) is 16.2 Å². The number of nitrogens with zero attached hydrogens (tertiary/aromatic N) is 1. The first-order valence-electron chi connectivity index (χ1n) is 6.10. The van der Waals surface area contributed by atoms with Crippen LogP contribution >= 0.6 is 0 Å². The molecule has 0 aliphatic carbocycles. The SMILES string of the molecule is N#Cc1ccccc1N[11C](=O)Nc1ccc(S(N)(=O)=O)cc1. The predicted molar refractivity (Wildman–Crippen MR) is 81.6 cm³/mol. The number of hydrogen-bond acceptors (Lipinski definition) is 4. The van der Waals surface area contributed by atoms with Gasteiger partial charge in [0.2, 0.25) is 10.0 Å². The van der Waals surface area contributed by atoms with Gasteiger partial charge in [0.1, 0.15) is 6.07 Å². The molecule has 0 saturated heterocycles. The lowest BCUT2D eigenvalue weighted by Crippen LogP contribution is -2.20. The standard InChI is InChI=1S/C14H12N4O3S/c15-9-10-3-1-2-4-13(10)18-14(19)17-11-5-7-12(8-6-11)22(16,20)21/h1-8H,(H2,16,20,21)(H2,17,18,19)/i14-1. The van der Waals surface area contributed by atoms with Crippen LogP contribution in [-0.2, 0) is 10.0 Å². The average molecular weight is 315 g/mol. The van der Waals surface area contributed by atoms with E-state index in [0.29, 0.717) is 16.9 Å². The highest BCUT2D eigenvalue weighted by molar-refractivity contribution is 7.89. The Morgan fingerprint density at radius 2 is 1.68 bits per heavy atom. The first-order valence-corrected chi connectivity index (χ1v) is 7.65. The van der Waals surface area contributed by atoms with Gasteiger partial charge in [-0.1, -0.05) is 12.1 Å². The molecule has 0 heterocycles. The van der Waals surface area contributed by atoms with Crippen LogP contribution in [0.3, 0.4) is 0 Å². The number of sulfonamides is 1. The van der Waals surface area contributed by atoms with Gasteiger partial charge in [-0.3, -0.25) is 0 Å². The van der Waals surface area contributed by atoms with E-state index in [2.05, 4.69) is 10.6 Å². The Kier molecular flexibility index (Phi) is 4.41. The van der Waals surface area contributed by atoms with Gasteiger partial charge in [0.15, 0.2) is 0 Å². The van der Waals surface area contributed by atoms with E-state index in [-0.39, 0.29) is 4.90 Å². The number of nitriles is 1. The summed E-state index contributed by atoms with van der Waals surface area (Å²) < 4.78 is 22.3. The molecule has 112 valence electrons. The molecule has 2 rings (SSSR count). The van der Waals surface area contributed by atoms with E-state index in [1.165, 1.54) is 24.3 Å². The van der Waals surface area contributed by atoms with Crippen molar-refractivity contribution in [3.05, 3.63) is 54.1 Å². The monoisotopic (exact) mass is 315 g/mol. The number of nitrogens with two attached hydrogens (primary N) is 1. The zero-order valence-electron chi connectivity index (χ0n) is 11.3. The molecule has 4 N–H and O–H groups in total. The van der Waals surface area contributed by atoms with Crippen LogP contribution in [0.1, 0.15) is 5.56 Å². The molecule has 0 atom stereocenters. The molecule has 22 heavy (non-hydrogen) atoms. The van der Waals surface area contributed by atoms with Crippen molar-refractivity contribution in [2.75, 3.05) is 10.6 Å². The third kappa shape index (κ3) is 3.82. The zero-order chi connectivity index (χ0) is 16.2. The van der Waals surface area contributed by atoms with Crippen LogP contribution < -0.4 is 15.8 Å². The summed E-state index contributed by atoms with van der Waals surface area (Å²) in [6.07, 6.45) is 0. The number of anilines is 2. The second-order valence-corrected chi connectivity index (χ2v) is 5.87. The highest BCUT2D eigenvalue weighted by Gasteiger charge is 2.09. The fraction of sp³-hybridized carbons (Fsp3) is 0. The van der Waals surface area contributed by atoms with Crippen molar-refractivity contribution >= 4 is 27.4 Å². The van der Waals surface area contributed by atoms with Crippen LogP contribution in [-0.4, -0.2) is 14.4 Å². The smallest absolute Gasteiger partial charge is 0.308 e. The van der Waals surface area contributed by atoms with Crippen molar-refractivity contribution in [3.8, 4) is 6.07 Å². The summed E-state index contributed by atoms with van der Waals surface area (Å²) in [5, 5.41) is 19.0. The quantitative estimate of drug-likeness (QED) is 0.799. The Morgan fingerprint density at radius 1 is 1.05 bits per heavy atom. The maximum atomic E-state index is 11.9. The largest absolute Gasteiger partial charge is 0.323 e. The van der Waals surface area contributed by atoms with Gasteiger partial charge in [-0.15, -0.1) is 0 Å². The van der Waals surface area contributed by atoms with Crippen molar-refractivity contribution < 1.29 is 13.2 Å². The average Bonchev–Trinajstić information content (AvgIpc) is 2.47. The first kappa shape index (κ1) is 15.5. The predicted octanol–water partition coefficient (Wildman–Crippen LogP) is 1.85. The highest BCUT2D eigenvalue weighted by Crippen LogP contribution is 2.15. The lowest BCUT2D eigenvalue weighted by atomic mass is 10.1. The summed E-state index contributed by atoms with van der Waals surface area (Å²) in [6, 6.07) is 13.4. The van der Waals surface area contributed by atoms with Gasteiger partial charge in [-0.25, -0.2) is 18.4 Å². The van der Waals surface area contributed by atoms with E-state index in [1.807, 2.05) is 6.07 Å². The Bertz CT molecular complexity index is 839. The van der Waals surface area contributed by atoms with Crippen molar-refractivity contribution in [2.24, 2.45) is 5.14 Å². The Morgan fingerprint density at radius 3 is 2.27 bits per heavy atom. The molecule has 7 nitrogen and oxygen atoms in total. The minimum absolute atomic E-state index is 0.0479. The number of hydrogen-bond donors (Lipinski definition) is 3. The lowest BCUT2D eigenvalue weighted by molar-refractivity contribution is 0.262. The molecule has 0 saturated carbocycles. The van der Waals surface area contributed by atoms with Gasteiger partial charge in [0.25, 0.3) is 0 Å². The van der Waals surface area contributed by atoms with E-state index in [4.69, 9.17) is 10.4 Å². The Balaban J connectivity index is 2.08. The number of primary sulfonamides is 1. The minimum Gasteiger partial charge on any atom is -0.308 e. The second kappa shape index (κ2) is 6.26. The first-order chi connectivity index (χ1) is 10.4. The molecule has 0 spiro atoms. The molecule has 0 aromatic heterocycles. The van der Waals surface area contributed by atoms with Crippen molar-refractivity contribution in [1.29, 1.82) is 5.26 Å². The molecule has 0 radical (unpaired) electrons. The normalized spacial score (nSPS) is 10.5. The van der Waals surface area contributed by atoms with Crippen molar-refractivity contribution in [2.45, 2.75) is 4.90 Å². The van der Waals surface area contributed by atoms with Gasteiger partial charge < -0.3 is 10.6 Å². The van der Waals surface area contributed by atoms with Crippen molar-refractivity contribution in [3.63, 3.8) is 0 Å². The number of rotatable bonds is 3. The van der Waals surface area contributed by atoms with E-state index < -0.39 is 16.1 Å². The highest BCUT2D eigenvalue weighted by atomic mass is 32.2. The minimum atomic E-state index is -3.77. The molecule has 0 aliphatic heterocycles. The third-order valence-corrected chi connectivity index (χ3v) is 3.67. The van der Waals surface area contributed by atoms with Crippen LogP contribution in [0.25, 0.3) is 0 Å². The number of para-hydroxylation sites is 1. The van der Waals surface area contributed by atoms with Gasteiger partial charge in [0.05, 0.1) is 16.1 Å². The number of benzene rings is 2. The molecular weight excluding hydrogens is 303 g/mol. The fourth-order valence-electron chi connectivity index (χ4n) is 1.70. The molecule has 2 amide bonds. The van der Waals surface area contributed by atoms with Gasteiger partial charge in [-0.05, 0) is 36.4 Å². The Labute approximate surface area is 127 Å². The molecule has 0 aliphatic rings. The van der Waals surface area contributed by atoms with Crippen LogP contribution in [0.15, 0.2) is 53.4 Å². The molecule has 0 unspecified atom stereocenters. The van der Waals surface area contributed by atoms with Crippen LogP contribution in [0.2, 0.25) is 0 Å². The molecule has 2 aromatic carbocycles. The van der Waals surface area contributed by atoms with E-state index in [9.17, 15) is 13.2 Å². The molecule has 0 bridgehead atoms. The third-order valence-electron chi connectivity index (χ3n) is 2.74. The summed E-state index contributed by atoms with van der Waals surface area (Å²) in [5.41, 5.74) is 1.10. The molecule has 8 heteroatoms. The number of urea groups is 1.